The molecule has 3 unspecified atom stereocenters. The van der Waals surface area contributed by atoms with Gasteiger partial charge in [-0.25, -0.2) is 23.7 Å². The van der Waals surface area contributed by atoms with E-state index < -0.39 is 5.60 Å². The quantitative estimate of drug-likeness (QED) is 0.312. The maximum absolute atomic E-state index is 13.7. The number of nitrogens with zero attached hydrogens (tertiary/aromatic N) is 7. The minimum atomic E-state index is -1.16. The molecule has 3 saturated heterocycles. The molecule has 2 bridgehead atoms. The molecule has 3 aliphatic heterocycles. The Balaban J connectivity index is 1.17. The fraction of sp³-hybridized carbons (Fsp3) is 0.500. The zero-order valence-electron chi connectivity index (χ0n) is 25.2. The van der Waals surface area contributed by atoms with Crippen molar-refractivity contribution in [1.82, 2.24) is 29.2 Å². The number of fused-ring (bicyclic) bond motifs is 3. The van der Waals surface area contributed by atoms with Crippen LogP contribution in [0.2, 0.25) is 0 Å². The molecule has 44 heavy (non-hydrogen) atoms. The van der Waals surface area contributed by atoms with Crippen LogP contribution in [0.25, 0.3) is 16.9 Å². The molecule has 0 spiro atoms. The molecular formula is C32H39FN8O3. The van der Waals surface area contributed by atoms with Gasteiger partial charge in [-0.3, -0.25) is 4.79 Å². The van der Waals surface area contributed by atoms with E-state index in [0.29, 0.717) is 66.5 Å². The molecule has 232 valence electrons. The molecule has 4 aromatic rings. The highest BCUT2D eigenvalue weighted by Gasteiger charge is 2.34. The van der Waals surface area contributed by atoms with Crippen LogP contribution in [-0.4, -0.2) is 86.9 Å². The maximum Gasteiger partial charge on any atom is 0.278 e. The molecule has 7 rings (SSSR count). The minimum absolute atomic E-state index is 0.172. The van der Waals surface area contributed by atoms with E-state index in [4.69, 9.17) is 14.7 Å². The number of aromatic nitrogens is 5. The third-order valence-electron chi connectivity index (χ3n) is 9.00. The average Bonchev–Trinajstić information content (AvgIpc) is 3.63. The third kappa shape index (κ3) is 5.57. The third-order valence-corrected chi connectivity index (χ3v) is 9.00. The van der Waals surface area contributed by atoms with Gasteiger partial charge in [0.15, 0.2) is 11.5 Å². The lowest BCUT2D eigenvalue weighted by Gasteiger charge is -2.46. The van der Waals surface area contributed by atoms with Crippen LogP contribution in [0.15, 0.2) is 53.5 Å². The summed E-state index contributed by atoms with van der Waals surface area (Å²) in [5, 5.41) is 14.3. The average molecular weight is 603 g/mol. The van der Waals surface area contributed by atoms with Crippen LogP contribution in [0, 0.1) is 11.8 Å². The summed E-state index contributed by atoms with van der Waals surface area (Å²) >= 11 is 0. The van der Waals surface area contributed by atoms with Crippen molar-refractivity contribution >= 4 is 28.4 Å². The Hall–Kier alpha value is -3.87. The van der Waals surface area contributed by atoms with Gasteiger partial charge in [-0.2, -0.15) is 4.98 Å². The van der Waals surface area contributed by atoms with Crippen LogP contribution in [0.3, 0.4) is 0 Å². The van der Waals surface area contributed by atoms with Crippen molar-refractivity contribution in [3.63, 3.8) is 0 Å². The summed E-state index contributed by atoms with van der Waals surface area (Å²) in [6.07, 6.45) is 3.47. The summed E-state index contributed by atoms with van der Waals surface area (Å²) in [5.41, 5.74) is 1.55. The molecule has 0 saturated carbocycles. The number of hydrogen-bond acceptors (Lipinski definition) is 9. The van der Waals surface area contributed by atoms with Gasteiger partial charge in [0, 0.05) is 56.9 Å². The molecule has 2 N–H and O–H groups in total. The second-order valence-corrected chi connectivity index (χ2v) is 12.8. The van der Waals surface area contributed by atoms with Gasteiger partial charge in [0.2, 0.25) is 5.95 Å². The Morgan fingerprint density at radius 1 is 1.07 bits per heavy atom. The van der Waals surface area contributed by atoms with E-state index in [-0.39, 0.29) is 18.3 Å². The van der Waals surface area contributed by atoms with Gasteiger partial charge >= 0.3 is 0 Å². The summed E-state index contributed by atoms with van der Waals surface area (Å²) in [6, 6.07) is 13.5. The monoisotopic (exact) mass is 602 g/mol. The van der Waals surface area contributed by atoms with Crippen molar-refractivity contribution in [2.45, 2.75) is 38.3 Å². The Morgan fingerprint density at radius 2 is 1.84 bits per heavy atom. The Kier molecular flexibility index (Phi) is 7.59. The topological polar surface area (TPSA) is 114 Å². The van der Waals surface area contributed by atoms with Crippen molar-refractivity contribution in [3.05, 3.63) is 64.7 Å². The fourth-order valence-electron chi connectivity index (χ4n) is 6.99. The highest BCUT2D eigenvalue weighted by molar-refractivity contribution is 5.77. The normalized spacial score (nSPS) is 22.5. The molecule has 3 fully saturated rings. The second-order valence-electron chi connectivity index (χ2n) is 12.8. The van der Waals surface area contributed by atoms with Crippen molar-refractivity contribution in [1.29, 1.82) is 0 Å². The number of anilines is 3. The Labute approximate surface area is 255 Å². The predicted octanol–water partition coefficient (Wildman–Crippen LogP) is 3.64. The summed E-state index contributed by atoms with van der Waals surface area (Å²) in [5.74, 6) is 1.97. The van der Waals surface area contributed by atoms with Gasteiger partial charge in [0.1, 0.15) is 17.7 Å². The first-order chi connectivity index (χ1) is 21.3. The van der Waals surface area contributed by atoms with Gasteiger partial charge in [-0.15, -0.1) is 0 Å². The molecule has 11 nitrogen and oxygen atoms in total. The molecule has 0 amide bonds. The number of alkyl halides is 1. The Morgan fingerprint density at radius 3 is 2.52 bits per heavy atom. The van der Waals surface area contributed by atoms with Crippen molar-refractivity contribution < 1.29 is 14.2 Å². The second kappa shape index (κ2) is 11.6. The number of rotatable bonds is 8. The van der Waals surface area contributed by atoms with Gasteiger partial charge < -0.3 is 25.0 Å². The molecule has 6 heterocycles. The van der Waals surface area contributed by atoms with Crippen molar-refractivity contribution in [2.75, 3.05) is 62.8 Å². The standard InChI is InChI=1S/C32H39FN8O3/c1-32(2,43)27-4-3-5-28(36-27)41-29-26(30(42)40(41)25-10-13-44-20-25)15-34-31(37-29)35-23-6-8-24(9-7-23)39-18-21-14-22(19-39)17-38(16-21)12-11-33/h3-9,15,21-22,25,43H,10-14,16-20H2,1-2H3,(H,34,35,37). The molecule has 12 heteroatoms. The van der Waals surface area contributed by atoms with Crippen LogP contribution in [0.1, 0.15) is 38.4 Å². The first-order valence-electron chi connectivity index (χ1n) is 15.5. The number of ether oxygens (including phenoxy) is 1. The number of hydrogen-bond donors (Lipinski definition) is 2. The number of aliphatic hydroxyl groups is 1. The first-order valence-corrected chi connectivity index (χ1v) is 15.5. The summed E-state index contributed by atoms with van der Waals surface area (Å²) < 4.78 is 21.9. The highest BCUT2D eigenvalue weighted by Crippen LogP contribution is 2.32. The van der Waals surface area contributed by atoms with Crippen LogP contribution in [0.5, 0.6) is 0 Å². The van der Waals surface area contributed by atoms with E-state index >= 15 is 0 Å². The smallest absolute Gasteiger partial charge is 0.278 e. The number of halogens is 1. The van der Waals surface area contributed by atoms with E-state index in [9.17, 15) is 14.3 Å². The number of nitrogens with one attached hydrogen (secondary N) is 1. The van der Waals surface area contributed by atoms with Crippen molar-refractivity contribution in [2.24, 2.45) is 11.8 Å². The van der Waals surface area contributed by atoms with E-state index in [2.05, 4.69) is 32.2 Å². The highest BCUT2D eigenvalue weighted by atomic mass is 19.1. The minimum Gasteiger partial charge on any atom is -0.384 e. The van der Waals surface area contributed by atoms with Crippen molar-refractivity contribution in [3.8, 4) is 5.82 Å². The maximum atomic E-state index is 13.7. The molecule has 1 aromatic carbocycles. The van der Waals surface area contributed by atoms with E-state index in [1.807, 2.05) is 24.3 Å². The molecule has 3 aromatic heterocycles. The predicted molar refractivity (Wildman–Crippen MR) is 167 cm³/mol. The molecule has 3 aliphatic rings. The first kappa shape index (κ1) is 28.9. The largest absolute Gasteiger partial charge is 0.384 e. The van der Waals surface area contributed by atoms with Gasteiger partial charge in [0.25, 0.3) is 5.56 Å². The number of piperidine rings is 2. The Bertz CT molecular complexity index is 1680. The molecule has 0 aliphatic carbocycles. The number of likely N-dealkylation sites (tertiary alicyclic amines) is 1. The van der Waals surface area contributed by atoms with E-state index in [1.165, 1.54) is 12.1 Å². The van der Waals surface area contributed by atoms with E-state index in [1.54, 1.807) is 35.5 Å². The van der Waals surface area contributed by atoms with Crippen LogP contribution in [-0.2, 0) is 10.3 Å². The van der Waals surface area contributed by atoms with Crippen LogP contribution < -0.4 is 15.8 Å². The lowest BCUT2D eigenvalue weighted by molar-refractivity contribution is 0.0737. The summed E-state index contributed by atoms with van der Waals surface area (Å²) in [4.78, 5) is 32.4. The molecular weight excluding hydrogens is 563 g/mol. The SMILES string of the molecule is CC(C)(O)c1cccc(-n2c3nc(Nc4ccc(N5CC6CC(CN(CCF)C6)C5)cc4)ncc3c(=O)n2C2CCOC2)n1. The van der Waals surface area contributed by atoms with Gasteiger partial charge in [0.05, 0.1) is 18.3 Å². The number of pyridine rings is 1. The van der Waals surface area contributed by atoms with Gasteiger partial charge in [-0.05, 0) is 74.9 Å². The molecule has 3 atom stereocenters. The van der Waals surface area contributed by atoms with Gasteiger partial charge in [-0.1, -0.05) is 6.07 Å². The number of benzene rings is 1. The van der Waals surface area contributed by atoms with E-state index in [0.717, 1.165) is 31.9 Å². The zero-order chi connectivity index (χ0) is 30.4. The van der Waals surface area contributed by atoms with Crippen LogP contribution in [0.4, 0.5) is 21.7 Å². The fourth-order valence-corrected chi connectivity index (χ4v) is 6.99. The zero-order valence-corrected chi connectivity index (χ0v) is 25.2. The summed E-state index contributed by atoms with van der Waals surface area (Å²) in [6.45, 7) is 8.51. The lowest BCUT2D eigenvalue weighted by atomic mass is 9.84. The lowest BCUT2D eigenvalue weighted by Crippen LogP contribution is -2.53. The van der Waals surface area contributed by atoms with Crippen LogP contribution >= 0.6 is 0 Å². The molecule has 0 radical (unpaired) electrons. The summed E-state index contributed by atoms with van der Waals surface area (Å²) in [7, 11) is 0.